The van der Waals surface area contributed by atoms with Crippen molar-refractivity contribution in [3.05, 3.63) is 24.3 Å². The zero-order valence-corrected chi connectivity index (χ0v) is 19.6. The third kappa shape index (κ3) is 7.31. The van der Waals surface area contributed by atoms with Gasteiger partial charge in [-0.1, -0.05) is 6.07 Å². The molecule has 0 bridgehead atoms. The topological polar surface area (TPSA) is 49.3 Å². The molecule has 1 N–H and O–H groups in total. The Hall–Kier alpha value is -1.22. The molecule has 1 aromatic carbocycles. The van der Waals surface area contributed by atoms with Gasteiger partial charge in [-0.15, -0.1) is 24.0 Å². The van der Waals surface area contributed by atoms with Gasteiger partial charge in [0.1, 0.15) is 5.75 Å². The number of methoxy groups -OCH3 is 1. The molecular weight excluding hydrogens is 467 g/mol. The minimum Gasteiger partial charge on any atom is -0.497 e. The number of hydrogen-bond acceptors (Lipinski definition) is 4. The summed E-state index contributed by atoms with van der Waals surface area (Å²) < 4.78 is 11.1. The van der Waals surface area contributed by atoms with Crippen LogP contribution in [0.4, 0.5) is 5.69 Å². The first kappa shape index (κ1) is 23.1. The number of hydrogen-bond donors (Lipinski definition) is 1. The maximum atomic E-state index is 5.71. The van der Waals surface area contributed by atoms with Gasteiger partial charge in [0.15, 0.2) is 5.96 Å². The molecule has 0 radical (unpaired) electrons. The number of ether oxygens (including phenoxy) is 2. The van der Waals surface area contributed by atoms with Crippen molar-refractivity contribution < 1.29 is 9.47 Å². The van der Waals surface area contributed by atoms with Gasteiger partial charge in [-0.3, -0.25) is 4.99 Å². The van der Waals surface area contributed by atoms with Gasteiger partial charge in [-0.25, -0.2) is 0 Å². The molecule has 6 nitrogen and oxygen atoms in total. The molecule has 2 aliphatic rings. The van der Waals surface area contributed by atoms with Crippen molar-refractivity contribution in [1.82, 2.24) is 10.2 Å². The van der Waals surface area contributed by atoms with E-state index < -0.39 is 0 Å². The lowest BCUT2D eigenvalue weighted by atomic mass is 10.2. The average molecular weight is 502 g/mol. The summed E-state index contributed by atoms with van der Waals surface area (Å²) in [6, 6.07) is 8.30. The minimum atomic E-state index is 0. The van der Waals surface area contributed by atoms with Crippen LogP contribution in [-0.2, 0) is 4.74 Å². The van der Waals surface area contributed by atoms with E-state index in [1.54, 1.807) is 7.11 Å². The molecule has 7 heteroatoms. The molecule has 0 unspecified atom stereocenters. The van der Waals surface area contributed by atoms with E-state index in [1.165, 1.54) is 18.5 Å². The lowest BCUT2D eigenvalue weighted by molar-refractivity contribution is 0.123. The Morgan fingerprint density at radius 1 is 1.21 bits per heavy atom. The summed E-state index contributed by atoms with van der Waals surface area (Å²) in [4.78, 5) is 9.58. The van der Waals surface area contributed by atoms with Crippen LogP contribution < -0.4 is 15.0 Å². The first-order valence-electron chi connectivity index (χ1n) is 10.3. The average Bonchev–Trinajstić information content (AvgIpc) is 3.54. The van der Waals surface area contributed by atoms with E-state index in [2.05, 4.69) is 40.2 Å². The van der Waals surface area contributed by atoms with E-state index in [-0.39, 0.29) is 24.0 Å². The number of guanidine groups is 1. The molecule has 0 amide bonds. The second-order valence-electron chi connectivity index (χ2n) is 7.28. The van der Waals surface area contributed by atoms with Crippen LogP contribution in [0.1, 0.15) is 26.2 Å². The highest BCUT2D eigenvalue weighted by molar-refractivity contribution is 14.0. The van der Waals surface area contributed by atoms with Gasteiger partial charge in [-0.2, -0.15) is 0 Å². The second kappa shape index (κ2) is 12.4. The summed E-state index contributed by atoms with van der Waals surface area (Å²) in [6.07, 6.45) is 3.69. The van der Waals surface area contributed by atoms with Gasteiger partial charge >= 0.3 is 0 Å². The van der Waals surface area contributed by atoms with E-state index in [9.17, 15) is 0 Å². The maximum Gasteiger partial charge on any atom is 0.194 e. The Morgan fingerprint density at radius 3 is 2.68 bits per heavy atom. The maximum absolute atomic E-state index is 5.71. The van der Waals surface area contributed by atoms with Gasteiger partial charge in [0, 0.05) is 64.2 Å². The summed E-state index contributed by atoms with van der Waals surface area (Å²) in [5.41, 5.74) is 1.23. The summed E-state index contributed by atoms with van der Waals surface area (Å²) in [6.45, 7) is 9.53. The molecule has 2 fully saturated rings. The molecular formula is C21H35IN4O2. The zero-order valence-electron chi connectivity index (χ0n) is 17.2. The highest BCUT2D eigenvalue weighted by Gasteiger charge is 2.21. The fraction of sp³-hybridized carbons (Fsp3) is 0.667. The van der Waals surface area contributed by atoms with Gasteiger partial charge < -0.3 is 24.6 Å². The van der Waals surface area contributed by atoms with Crippen molar-refractivity contribution in [3.8, 4) is 5.75 Å². The standard InChI is InChI=1S/C21H34N4O2.HI/c1-3-22-21(23-10-5-15-27-17-18-8-9-18)25-13-11-24(12-14-25)19-6-4-7-20(16-19)26-2;/h4,6-7,16,18H,3,5,8-15,17H2,1-2H3,(H,22,23);1H. The van der Waals surface area contributed by atoms with Crippen LogP contribution >= 0.6 is 24.0 Å². The smallest absolute Gasteiger partial charge is 0.194 e. The molecule has 1 aromatic rings. The van der Waals surface area contributed by atoms with Gasteiger partial charge in [-0.05, 0) is 44.2 Å². The monoisotopic (exact) mass is 502 g/mol. The van der Waals surface area contributed by atoms with Crippen molar-refractivity contribution in [2.45, 2.75) is 26.2 Å². The fourth-order valence-electron chi connectivity index (χ4n) is 3.30. The third-order valence-electron chi connectivity index (χ3n) is 5.09. The number of benzene rings is 1. The summed E-state index contributed by atoms with van der Waals surface area (Å²) in [7, 11) is 1.72. The molecule has 1 saturated carbocycles. The molecule has 28 heavy (non-hydrogen) atoms. The van der Waals surface area contributed by atoms with Crippen molar-refractivity contribution in [1.29, 1.82) is 0 Å². The van der Waals surface area contributed by atoms with Gasteiger partial charge in [0.05, 0.1) is 7.11 Å². The predicted molar refractivity (Wildman–Crippen MR) is 126 cm³/mol. The Balaban J connectivity index is 0.00000280. The van der Waals surface area contributed by atoms with Gasteiger partial charge in [0.2, 0.25) is 0 Å². The van der Waals surface area contributed by atoms with Crippen molar-refractivity contribution in [2.75, 3.05) is 64.5 Å². The van der Waals surface area contributed by atoms with Crippen LogP contribution in [0.5, 0.6) is 5.75 Å². The number of nitrogens with zero attached hydrogens (tertiary/aromatic N) is 3. The zero-order chi connectivity index (χ0) is 18.9. The Kier molecular flexibility index (Phi) is 10.2. The summed E-state index contributed by atoms with van der Waals surface area (Å²) in [5, 5.41) is 3.44. The van der Waals surface area contributed by atoms with E-state index in [0.29, 0.717) is 0 Å². The van der Waals surface area contributed by atoms with Crippen molar-refractivity contribution in [2.24, 2.45) is 10.9 Å². The normalized spacial score (nSPS) is 17.3. The second-order valence-corrected chi connectivity index (χ2v) is 7.28. The highest BCUT2D eigenvalue weighted by Crippen LogP contribution is 2.28. The quantitative estimate of drug-likeness (QED) is 0.243. The molecule has 158 valence electrons. The van der Waals surface area contributed by atoms with Crippen LogP contribution in [0.3, 0.4) is 0 Å². The van der Waals surface area contributed by atoms with Crippen molar-refractivity contribution >= 4 is 35.6 Å². The summed E-state index contributed by atoms with van der Waals surface area (Å²) in [5.74, 6) is 2.78. The fourth-order valence-corrected chi connectivity index (χ4v) is 3.30. The Labute approximate surface area is 186 Å². The first-order chi connectivity index (χ1) is 13.3. The summed E-state index contributed by atoms with van der Waals surface area (Å²) >= 11 is 0. The Morgan fingerprint density at radius 2 is 2.00 bits per heavy atom. The first-order valence-corrected chi connectivity index (χ1v) is 10.3. The SMILES string of the molecule is CCNC(=NCCCOCC1CC1)N1CCN(c2cccc(OC)c2)CC1.I. The molecule has 1 saturated heterocycles. The number of aliphatic imine (C=N–C) groups is 1. The molecule has 1 heterocycles. The predicted octanol–water partition coefficient (Wildman–Crippen LogP) is 3.22. The molecule has 0 atom stereocenters. The Bertz CT molecular complexity index is 602. The molecule has 3 rings (SSSR count). The van der Waals surface area contributed by atoms with Crippen LogP contribution in [-0.4, -0.2) is 70.5 Å². The van der Waals surface area contributed by atoms with Crippen LogP contribution in [0.2, 0.25) is 0 Å². The van der Waals surface area contributed by atoms with Gasteiger partial charge in [0.25, 0.3) is 0 Å². The molecule has 0 aromatic heterocycles. The molecule has 1 aliphatic carbocycles. The minimum absolute atomic E-state index is 0. The van der Waals surface area contributed by atoms with E-state index in [0.717, 1.165) is 76.5 Å². The van der Waals surface area contributed by atoms with E-state index >= 15 is 0 Å². The number of nitrogens with one attached hydrogen (secondary N) is 1. The number of rotatable bonds is 9. The molecule has 0 spiro atoms. The van der Waals surface area contributed by atoms with Crippen LogP contribution in [0.25, 0.3) is 0 Å². The molecule has 1 aliphatic heterocycles. The number of anilines is 1. The highest BCUT2D eigenvalue weighted by atomic mass is 127. The van der Waals surface area contributed by atoms with Crippen LogP contribution in [0.15, 0.2) is 29.3 Å². The third-order valence-corrected chi connectivity index (χ3v) is 5.09. The number of halogens is 1. The van der Waals surface area contributed by atoms with Crippen LogP contribution in [0, 0.1) is 5.92 Å². The van der Waals surface area contributed by atoms with E-state index in [1.807, 2.05) is 6.07 Å². The number of piperazine rings is 1. The lowest BCUT2D eigenvalue weighted by Gasteiger charge is -2.37. The van der Waals surface area contributed by atoms with Crippen molar-refractivity contribution in [3.63, 3.8) is 0 Å². The lowest BCUT2D eigenvalue weighted by Crippen LogP contribution is -2.52. The largest absolute Gasteiger partial charge is 0.497 e. The van der Waals surface area contributed by atoms with E-state index in [4.69, 9.17) is 14.5 Å².